The quantitative estimate of drug-likeness (QED) is 0.215. The number of benzene rings is 2. The number of ether oxygens (including phenoxy) is 1. The predicted octanol–water partition coefficient (Wildman–Crippen LogP) is 3.34. The molecular formula is C23H25N3O3. The van der Waals surface area contributed by atoms with Gasteiger partial charge in [0, 0.05) is 23.5 Å². The summed E-state index contributed by atoms with van der Waals surface area (Å²) in [4.78, 5) is 14.5. The number of nitrogens with one attached hydrogen (secondary N) is 3. The number of aryl methyl sites for hydroxylation is 1. The predicted molar refractivity (Wildman–Crippen MR) is 113 cm³/mol. The van der Waals surface area contributed by atoms with Gasteiger partial charge in [0.15, 0.2) is 0 Å². The molecule has 2 aromatic carbocycles. The van der Waals surface area contributed by atoms with Crippen LogP contribution in [0.5, 0.6) is 5.75 Å². The fourth-order valence-electron chi connectivity index (χ4n) is 3.62. The van der Waals surface area contributed by atoms with Gasteiger partial charge in [0.25, 0.3) is 5.91 Å². The van der Waals surface area contributed by atoms with Crippen molar-refractivity contribution in [1.82, 2.24) is 15.8 Å². The van der Waals surface area contributed by atoms with Crippen molar-refractivity contribution in [3.63, 3.8) is 0 Å². The number of hydrogen-bond donors (Lipinski definition) is 4. The maximum atomic E-state index is 11.0. The molecule has 1 aromatic heterocycles. The molecule has 0 saturated heterocycles. The van der Waals surface area contributed by atoms with E-state index in [9.17, 15) is 4.79 Å². The minimum Gasteiger partial charge on any atom is -0.491 e. The summed E-state index contributed by atoms with van der Waals surface area (Å²) in [6, 6.07) is 14.5. The number of hydrogen-bond acceptors (Lipinski definition) is 4. The summed E-state index contributed by atoms with van der Waals surface area (Å²) in [5.41, 5.74) is 7.33. The molecule has 0 unspecified atom stereocenters. The number of H-pyrrole nitrogens is 1. The van der Waals surface area contributed by atoms with Crippen LogP contribution in [0.25, 0.3) is 17.0 Å². The Morgan fingerprint density at radius 2 is 2.00 bits per heavy atom. The van der Waals surface area contributed by atoms with Crippen molar-refractivity contribution in [3.05, 3.63) is 70.9 Å². The molecule has 0 atom stereocenters. The van der Waals surface area contributed by atoms with E-state index in [4.69, 9.17) is 9.94 Å². The molecule has 1 aliphatic heterocycles. The molecule has 0 bridgehead atoms. The first-order valence-electron chi connectivity index (χ1n) is 9.91. The number of rotatable bonds is 7. The van der Waals surface area contributed by atoms with Crippen molar-refractivity contribution in [1.29, 1.82) is 0 Å². The van der Waals surface area contributed by atoms with E-state index in [0.29, 0.717) is 0 Å². The molecule has 150 valence electrons. The number of hydroxylamine groups is 1. The Hall–Kier alpha value is -3.09. The molecule has 0 fully saturated rings. The molecule has 4 N–H and O–H groups in total. The highest BCUT2D eigenvalue weighted by Crippen LogP contribution is 2.34. The van der Waals surface area contributed by atoms with Crippen LogP contribution in [0.2, 0.25) is 0 Å². The van der Waals surface area contributed by atoms with Gasteiger partial charge in [-0.2, -0.15) is 0 Å². The Morgan fingerprint density at radius 1 is 1.17 bits per heavy atom. The van der Waals surface area contributed by atoms with Gasteiger partial charge in [-0.25, -0.2) is 5.48 Å². The van der Waals surface area contributed by atoms with E-state index in [-0.39, 0.29) is 0 Å². The summed E-state index contributed by atoms with van der Waals surface area (Å²) in [5.74, 6) is 0.493. The lowest BCUT2D eigenvalue weighted by molar-refractivity contribution is -0.124. The zero-order valence-electron chi connectivity index (χ0n) is 16.2. The lowest BCUT2D eigenvalue weighted by atomic mass is 10.1. The van der Waals surface area contributed by atoms with Crippen LogP contribution in [0.3, 0.4) is 0 Å². The van der Waals surface area contributed by atoms with E-state index in [0.717, 1.165) is 55.8 Å². The van der Waals surface area contributed by atoms with Gasteiger partial charge in [0.1, 0.15) is 5.75 Å². The zero-order valence-corrected chi connectivity index (χ0v) is 16.2. The van der Waals surface area contributed by atoms with Crippen LogP contribution in [0.4, 0.5) is 0 Å². The monoisotopic (exact) mass is 391 g/mol. The number of aromatic amines is 1. The Kier molecular flexibility index (Phi) is 5.93. The number of fused-ring (bicyclic) bond motifs is 3. The van der Waals surface area contributed by atoms with Crippen molar-refractivity contribution in [2.75, 3.05) is 13.2 Å². The van der Waals surface area contributed by atoms with Gasteiger partial charge in [-0.05, 0) is 60.7 Å². The molecule has 4 rings (SSSR count). The molecule has 0 radical (unpaired) electrons. The van der Waals surface area contributed by atoms with Crippen LogP contribution < -0.4 is 15.5 Å². The number of aromatic nitrogens is 1. The number of amides is 1. The molecule has 6 nitrogen and oxygen atoms in total. The first kappa shape index (κ1) is 19.2. The maximum absolute atomic E-state index is 11.0. The summed E-state index contributed by atoms with van der Waals surface area (Å²) in [6.07, 6.45) is 6.03. The third-order valence-electron chi connectivity index (χ3n) is 5.14. The summed E-state index contributed by atoms with van der Waals surface area (Å²) in [6.45, 7) is 2.48. The molecule has 1 amide bonds. The molecule has 6 heteroatoms. The molecule has 0 aliphatic carbocycles. The van der Waals surface area contributed by atoms with Crippen molar-refractivity contribution >= 4 is 22.9 Å². The van der Waals surface area contributed by atoms with Crippen LogP contribution in [-0.4, -0.2) is 29.3 Å². The van der Waals surface area contributed by atoms with Crippen molar-refractivity contribution in [2.45, 2.75) is 25.8 Å². The van der Waals surface area contributed by atoms with Crippen molar-refractivity contribution in [3.8, 4) is 5.75 Å². The fourth-order valence-corrected chi connectivity index (χ4v) is 3.62. The second-order valence-corrected chi connectivity index (χ2v) is 7.24. The molecule has 3 aromatic rings. The fraction of sp³-hybridized carbons (Fsp3) is 0.261. The summed E-state index contributed by atoms with van der Waals surface area (Å²) >= 11 is 0. The lowest BCUT2D eigenvalue weighted by Crippen LogP contribution is -2.16. The molecule has 0 saturated carbocycles. The Balaban J connectivity index is 1.28. The van der Waals surface area contributed by atoms with Crippen LogP contribution in [0, 0.1) is 0 Å². The Morgan fingerprint density at radius 3 is 2.83 bits per heavy atom. The van der Waals surface area contributed by atoms with Gasteiger partial charge in [-0.1, -0.05) is 30.3 Å². The Labute approximate surface area is 169 Å². The van der Waals surface area contributed by atoms with E-state index < -0.39 is 5.91 Å². The third kappa shape index (κ3) is 4.67. The summed E-state index contributed by atoms with van der Waals surface area (Å²) < 4.78 is 5.83. The minimum atomic E-state index is -0.541. The SMILES string of the molecule is O=C(/C=C/c1ccc(CNCCc2ccc3c4c([nH]c3c2)CCCO4)cc1)NO. The summed E-state index contributed by atoms with van der Waals surface area (Å²) in [5, 5.41) is 13.1. The normalized spacial score (nSPS) is 13.4. The molecule has 29 heavy (non-hydrogen) atoms. The van der Waals surface area contributed by atoms with Gasteiger partial charge in [0.2, 0.25) is 0 Å². The van der Waals surface area contributed by atoms with E-state index in [1.54, 1.807) is 11.6 Å². The highest BCUT2D eigenvalue weighted by molar-refractivity contribution is 5.90. The smallest absolute Gasteiger partial charge is 0.267 e. The van der Waals surface area contributed by atoms with E-state index in [2.05, 4.69) is 28.5 Å². The number of carbonyl (C=O) groups excluding carboxylic acids is 1. The zero-order chi connectivity index (χ0) is 20.1. The third-order valence-corrected chi connectivity index (χ3v) is 5.14. The van der Waals surface area contributed by atoms with Crippen LogP contribution in [0.1, 0.15) is 28.8 Å². The van der Waals surface area contributed by atoms with Crippen molar-refractivity contribution < 1.29 is 14.7 Å². The second kappa shape index (κ2) is 8.94. The van der Waals surface area contributed by atoms with Gasteiger partial charge >= 0.3 is 0 Å². The standard InChI is InChI=1S/C23H25N3O3/c27-22(26-28)10-8-16-3-5-18(6-4-16)15-24-12-11-17-7-9-19-21(14-17)25-20-2-1-13-29-23(19)20/h3-10,14,24-25,28H,1-2,11-13,15H2,(H,26,27)/b10-8+. The largest absolute Gasteiger partial charge is 0.491 e. The average molecular weight is 391 g/mol. The highest BCUT2D eigenvalue weighted by atomic mass is 16.5. The van der Waals surface area contributed by atoms with Gasteiger partial charge in [-0.15, -0.1) is 0 Å². The second-order valence-electron chi connectivity index (χ2n) is 7.24. The average Bonchev–Trinajstić information content (AvgIpc) is 3.13. The number of carbonyl (C=O) groups is 1. The van der Waals surface area contributed by atoms with Gasteiger partial charge in [0.05, 0.1) is 12.3 Å². The highest BCUT2D eigenvalue weighted by Gasteiger charge is 2.16. The van der Waals surface area contributed by atoms with Gasteiger partial charge < -0.3 is 15.0 Å². The van der Waals surface area contributed by atoms with Crippen LogP contribution >= 0.6 is 0 Å². The van der Waals surface area contributed by atoms with E-state index in [1.165, 1.54) is 28.3 Å². The van der Waals surface area contributed by atoms with E-state index in [1.807, 2.05) is 24.3 Å². The lowest BCUT2D eigenvalue weighted by Gasteiger charge is -2.12. The Bertz CT molecular complexity index is 1020. The molecule has 2 heterocycles. The van der Waals surface area contributed by atoms with Crippen LogP contribution in [-0.2, 0) is 24.2 Å². The summed E-state index contributed by atoms with van der Waals surface area (Å²) in [7, 11) is 0. The maximum Gasteiger partial charge on any atom is 0.267 e. The first-order valence-corrected chi connectivity index (χ1v) is 9.91. The van der Waals surface area contributed by atoms with Gasteiger partial charge in [-0.3, -0.25) is 10.0 Å². The van der Waals surface area contributed by atoms with Crippen molar-refractivity contribution in [2.24, 2.45) is 0 Å². The molecule has 0 spiro atoms. The van der Waals surface area contributed by atoms with E-state index >= 15 is 0 Å². The minimum absolute atomic E-state index is 0.541. The first-order chi connectivity index (χ1) is 14.2. The topological polar surface area (TPSA) is 86.4 Å². The van der Waals surface area contributed by atoms with Crippen LogP contribution in [0.15, 0.2) is 48.5 Å². The molecular weight excluding hydrogens is 366 g/mol. The molecule has 1 aliphatic rings.